The molecule has 3 aromatic rings. The SMILES string of the molecule is O=c1c(Cl)c(Cl)cnn1-c1ccc(N2CCC(n3ccnc3)CC2)c(Cl)c1. The highest BCUT2D eigenvalue weighted by molar-refractivity contribution is 6.41. The molecule has 1 aliphatic heterocycles. The van der Waals surface area contributed by atoms with E-state index in [9.17, 15) is 4.79 Å². The Labute approximate surface area is 170 Å². The molecule has 4 rings (SSSR count). The monoisotopic (exact) mass is 423 g/mol. The van der Waals surface area contributed by atoms with Crippen LogP contribution in [0, 0.1) is 0 Å². The van der Waals surface area contributed by atoms with E-state index < -0.39 is 5.56 Å². The lowest BCUT2D eigenvalue weighted by atomic mass is 10.0. The summed E-state index contributed by atoms with van der Waals surface area (Å²) in [5.74, 6) is 0. The van der Waals surface area contributed by atoms with Crippen molar-refractivity contribution in [3.8, 4) is 5.69 Å². The minimum absolute atomic E-state index is 0.0616. The van der Waals surface area contributed by atoms with E-state index in [1.54, 1.807) is 12.3 Å². The number of anilines is 1. The molecule has 2 aromatic heterocycles. The van der Waals surface area contributed by atoms with Crippen molar-refractivity contribution in [1.29, 1.82) is 0 Å². The summed E-state index contributed by atoms with van der Waals surface area (Å²) in [5, 5.41) is 4.67. The first-order valence-electron chi connectivity index (χ1n) is 8.50. The molecule has 0 bridgehead atoms. The summed E-state index contributed by atoms with van der Waals surface area (Å²) >= 11 is 18.3. The molecule has 9 heteroatoms. The van der Waals surface area contributed by atoms with Gasteiger partial charge >= 0.3 is 0 Å². The average molecular weight is 425 g/mol. The first kappa shape index (κ1) is 18.3. The molecule has 27 heavy (non-hydrogen) atoms. The van der Waals surface area contributed by atoms with Crippen LogP contribution in [0.15, 0.2) is 47.9 Å². The molecule has 0 unspecified atom stereocenters. The molecule has 0 saturated carbocycles. The van der Waals surface area contributed by atoms with Gasteiger partial charge in [-0.2, -0.15) is 9.78 Å². The van der Waals surface area contributed by atoms with Crippen LogP contribution >= 0.6 is 34.8 Å². The van der Waals surface area contributed by atoms with Crippen LogP contribution in [0.1, 0.15) is 18.9 Å². The molecule has 0 radical (unpaired) electrons. The third kappa shape index (κ3) is 3.57. The fraction of sp³-hybridized carbons (Fsp3) is 0.278. The number of hydrogen-bond acceptors (Lipinski definition) is 4. The van der Waals surface area contributed by atoms with Crippen molar-refractivity contribution in [3.05, 3.63) is 68.5 Å². The largest absolute Gasteiger partial charge is 0.370 e. The van der Waals surface area contributed by atoms with Gasteiger partial charge in [0.2, 0.25) is 0 Å². The Hall–Kier alpha value is -2.02. The van der Waals surface area contributed by atoms with Crippen molar-refractivity contribution in [3.63, 3.8) is 0 Å². The molecular weight excluding hydrogens is 409 g/mol. The summed E-state index contributed by atoms with van der Waals surface area (Å²) < 4.78 is 3.35. The number of rotatable bonds is 3. The Bertz CT molecular complexity index is 1010. The van der Waals surface area contributed by atoms with Crippen molar-refractivity contribution in [2.45, 2.75) is 18.9 Å². The van der Waals surface area contributed by atoms with Gasteiger partial charge in [-0.25, -0.2) is 4.98 Å². The van der Waals surface area contributed by atoms with E-state index in [0.717, 1.165) is 31.6 Å². The third-order valence-electron chi connectivity index (χ3n) is 4.80. The first-order chi connectivity index (χ1) is 13.0. The number of aromatic nitrogens is 4. The van der Waals surface area contributed by atoms with Crippen LogP contribution in [-0.4, -0.2) is 32.4 Å². The molecule has 0 N–H and O–H groups in total. The fourth-order valence-electron chi connectivity index (χ4n) is 3.37. The molecule has 0 aliphatic carbocycles. The predicted octanol–water partition coefficient (Wildman–Crippen LogP) is 4.23. The molecule has 1 saturated heterocycles. The van der Waals surface area contributed by atoms with Crippen LogP contribution in [0.25, 0.3) is 5.69 Å². The second-order valence-corrected chi connectivity index (χ2v) is 7.58. The minimum atomic E-state index is -0.478. The molecule has 0 amide bonds. The summed E-state index contributed by atoms with van der Waals surface area (Å²) in [6.45, 7) is 1.79. The summed E-state index contributed by atoms with van der Waals surface area (Å²) in [6.07, 6.45) is 9.05. The lowest BCUT2D eigenvalue weighted by molar-refractivity contribution is 0.396. The van der Waals surface area contributed by atoms with Crippen LogP contribution in [0.3, 0.4) is 0 Å². The molecule has 1 aromatic carbocycles. The lowest BCUT2D eigenvalue weighted by Crippen LogP contribution is -2.34. The van der Waals surface area contributed by atoms with Gasteiger partial charge < -0.3 is 9.47 Å². The molecule has 3 heterocycles. The Morgan fingerprint density at radius 1 is 1.07 bits per heavy atom. The van der Waals surface area contributed by atoms with Crippen LogP contribution in [0.2, 0.25) is 15.1 Å². The molecule has 0 atom stereocenters. The van der Waals surface area contributed by atoms with Gasteiger partial charge in [0.15, 0.2) is 0 Å². The maximum absolute atomic E-state index is 12.3. The number of nitrogens with zero attached hydrogens (tertiary/aromatic N) is 5. The third-order valence-corrected chi connectivity index (χ3v) is 5.86. The van der Waals surface area contributed by atoms with Crippen molar-refractivity contribution < 1.29 is 0 Å². The van der Waals surface area contributed by atoms with Crippen molar-refractivity contribution in [1.82, 2.24) is 19.3 Å². The number of piperidine rings is 1. The predicted molar refractivity (Wildman–Crippen MR) is 108 cm³/mol. The second-order valence-electron chi connectivity index (χ2n) is 6.39. The van der Waals surface area contributed by atoms with Gasteiger partial charge in [0, 0.05) is 31.5 Å². The van der Waals surface area contributed by atoms with E-state index in [1.165, 1.54) is 10.9 Å². The van der Waals surface area contributed by atoms with E-state index in [2.05, 4.69) is 19.5 Å². The van der Waals surface area contributed by atoms with Crippen LogP contribution in [0.5, 0.6) is 0 Å². The topological polar surface area (TPSA) is 56.0 Å². The standard InChI is InChI=1S/C18H16Cl3N5O/c19-14-9-13(26-18(27)17(21)15(20)10-23-26)1-2-16(14)24-6-3-12(4-7-24)25-8-5-22-11-25/h1-2,5,8-12H,3-4,6-7H2. The van der Waals surface area contributed by atoms with Crippen LogP contribution in [-0.2, 0) is 0 Å². The molecular formula is C18H16Cl3N5O. The molecule has 140 valence electrons. The van der Waals surface area contributed by atoms with Crippen LogP contribution < -0.4 is 10.5 Å². The highest BCUT2D eigenvalue weighted by atomic mass is 35.5. The van der Waals surface area contributed by atoms with Gasteiger partial charge in [0.1, 0.15) is 5.02 Å². The summed E-state index contributed by atoms with van der Waals surface area (Å²) in [6, 6.07) is 5.89. The average Bonchev–Trinajstić information content (AvgIpc) is 3.21. The molecule has 1 aliphatic rings. The summed E-state index contributed by atoms with van der Waals surface area (Å²) in [7, 11) is 0. The number of benzene rings is 1. The normalized spacial score (nSPS) is 15.3. The zero-order valence-corrected chi connectivity index (χ0v) is 16.5. The van der Waals surface area contributed by atoms with Gasteiger partial charge in [0.25, 0.3) is 5.56 Å². The van der Waals surface area contributed by atoms with Gasteiger partial charge in [-0.15, -0.1) is 0 Å². The molecule has 1 fully saturated rings. The van der Waals surface area contributed by atoms with Gasteiger partial charge in [0.05, 0.1) is 33.9 Å². The second kappa shape index (κ2) is 7.54. The quantitative estimate of drug-likeness (QED) is 0.631. The number of hydrogen-bond donors (Lipinski definition) is 0. The molecule has 6 nitrogen and oxygen atoms in total. The highest BCUT2D eigenvalue weighted by Gasteiger charge is 2.22. The summed E-state index contributed by atoms with van der Waals surface area (Å²) in [4.78, 5) is 18.6. The van der Waals surface area contributed by atoms with Crippen molar-refractivity contribution in [2.24, 2.45) is 0 Å². The van der Waals surface area contributed by atoms with Gasteiger partial charge in [-0.05, 0) is 31.0 Å². The van der Waals surface area contributed by atoms with Gasteiger partial charge in [-0.1, -0.05) is 34.8 Å². The maximum atomic E-state index is 12.3. The fourth-order valence-corrected chi connectivity index (χ4v) is 3.92. The molecule has 0 spiro atoms. The van der Waals surface area contributed by atoms with Crippen molar-refractivity contribution in [2.75, 3.05) is 18.0 Å². The van der Waals surface area contributed by atoms with Gasteiger partial charge in [-0.3, -0.25) is 4.79 Å². The van der Waals surface area contributed by atoms with E-state index in [0.29, 0.717) is 16.8 Å². The summed E-state index contributed by atoms with van der Waals surface area (Å²) in [5.41, 5.74) is 1.01. The zero-order chi connectivity index (χ0) is 19.0. The van der Waals surface area contributed by atoms with Crippen molar-refractivity contribution >= 4 is 40.5 Å². The smallest absolute Gasteiger partial charge is 0.291 e. The Kier molecular flexibility index (Phi) is 5.12. The van der Waals surface area contributed by atoms with Crippen LogP contribution in [0.4, 0.5) is 5.69 Å². The minimum Gasteiger partial charge on any atom is -0.370 e. The Morgan fingerprint density at radius 2 is 1.85 bits per heavy atom. The zero-order valence-electron chi connectivity index (χ0n) is 14.2. The Morgan fingerprint density at radius 3 is 2.52 bits per heavy atom. The Balaban J connectivity index is 1.55. The van der Waals surface area contributed by atoms with E-state index in [-0.39, 0.29) is 10.0 Å². The first-order valence-corrected chi connectivity index (χ1v) is 9.63. The van der Waals surface area contributed by atoms with E-state index in [4.69, 9.17) is 34.8 Å². The van der Waals surface area contributed by atoms with E-state index in [1.807, 2.05) is 24.7 Å². The number of halogens is 3. The lowest BCUT2D eigenvalue weighted by Gasteiger charge is -2.34. The number of imidazole rings is 1. The van der Waals surface area contributed by atoms with E-state index >= 15 is 0 Å². The highest BCUT2D eigenvalue weighted by Crippen LogP contribution is 2.32. The maximum Gasteiger partial charge on any atom is 0.291 e.